The number of aliphatic hydroxyl groups excluding tert-OH is 1. The van der Waals surface area contributed by atoms with Crippen molar-refractivity contribution in [3.05, 3.63) is 29.0 Å². The molecule has 1 saturated carbocycles. The van der Waals surface area contributed by atoms with Gasteiger partial charge in [-0.1, -0.05) is 17.7 Å². The lowest BCUT2D eigenvalue weighted by Gasteiger charge is -2.20. The van der Waals surface area contributed by atoms with Crippen LogP contribution in [-0.4, -0.2) is 22.2 Å². The molecule has 4 heteroatoms. The number of rotatable bonds is 4. The molecule has 0 spiro atoms. The van der Waals surface area contributed by atoms with Crippen molar-refractivity contribution < 1.29 is 5.11 Å². The van der Waals surface area contributed by atoms with E-state index in [4.69, 9.17) is 11.6 Å². The summed E-state index contributed by atoms with van der Waals surface area (Å²) in [5, 5.41) is 13.1. The highest BCUT2D eigenvalue weighted by molar-refractivity contribution is 6.29. The fraction of sp³-hybridized carbons (Fsp3) is 0.545. The minimum absolute atomic E-state index is 0.0426. The van der Waals surface area contributed by atoms with E-state index in [2.05, 4.69) is 17.2 Å². The van der Waals surface area contributed by atoms with E-state index in [1.807, 2.05) is 6.07 Å². The van der Waals surface area contributed by atoms with Crippen LogP contribution in [0.25, 0.3) is 0 Å². The predicted octanol–water partition coefficient (Wildman–Crippen LogP) is 1.91. The van der Waals surface area contributed by atoms with Gasteiger partial charge >= 0.3 is 0 Å². The number of pyridine rings is 1. The Morgan fingerprint density at radius 1 is 1.60 bits per heavy atom. The van der Waals surface area contributed by atoms with Crippen molar-refractivity contribution in [2.24, 2.45) is 0 Å². The van der Waals surface area contributed by atoms with Crippen LogP contribution in [0.15, 0.2) is 18.3 Å². The normalized spacial score (nSPS) is 19.9. The van der Waals surface area contributed by atoms with E-state index in [0.29, 0.717) is 5.15 Å². The summed E-state index contributed by atoms with van der Waals surface area (Å²) < 4.78 is 0. The van der Waals surface area contributed by atoms with Crippen LogP contribution in [0.2, 0.25) is 5.15 Å². The van der Waals surface area contributed by atoms with Gasteiger partial charge in [0, 0.05) is 17.8 Å². The first-order valence-electron chi connectivity index (χ1n) is 5.15. The smallest absolute Gasteiger partial charge is 0.129 e. The van der Waals surface area contributed by atoms with E-state index in [9.17, 15) is 5.11 Å². The molecule has 2 rings (SSSR count). The van der Waals surface area contributed by atoms with Crippen molar-refractivity contribution in [1.82, 2.24) is 10.3 Å². The van der Waals surface area contributed by atoms with Crippen LogP contribution in [0.5, 0.6) is 0 Å². The molecule has 1 fully saturated rings. The Morgan fingerprint density at radius 2 is 2.33 bits per heavy atom. The minimum atomic E-state index is -0.0426. The number of nitrogens with one attached hydrogen (secondary N) is 1. The molecule has 82 valence electrons. The van der Waals surface area contributed by atoms with Gasteiger partial charge < -0.3 is 10.4 Å². The molecule has 1 aliphatic rings. The second-order valence-electron chi connectivity index (χ2n) is 4.22. The Kier molecular flexibility index (Phi) is 2.96. The molecule has 0 aliphatic heterocycles. The van der Waals surface area contributed by atoms with Crippen LogP contribution in [0.3, 0.4) is 0 Å². The Balaban J connectivity index is 2.01. The van der Waals surface area contributed by atoms with Crippen molar-refractivity contribution in [2.45, 2.75) is 31.3 Å². The third kappa shape index (κ3) is 2.48. The fourth-order valence-corrected chi connectivity index (χ4v) is 1.80. The maximum absolute atomic E-state index is 9.20. The number of aromatic nitrogens is 1. The van der Waals surface area contributed by atoms with Gasteiger partial charge in [0.2, 0.25) is 0 Å². The average Bonchev–Trinajstić information content (AvgIpc) is 2.99. The average molecular weight is 227 g/mol. The third-order valence-corrected chi connectivity index (χ3v) is 3.15. The summed E-state index contributed by atoms with van der Waals surface area (Å²) in [5.74, 6) is 0. The Hall–Kier alpha value is -0.640. The summed E-state index contributed by atoms with van der Waals surface area (Å²) in [4.78, 5) is 4.04. The zero-order valence-corrected chi connectivity index (χ0v) is 9.46. The van der Waals surface area contributed by atoms with E-state index in [0.717, 1.165) is 18.4 Å². The van der Waals surface area contributed by atoms with E-state index in [-0.39, 0.29) is 18.2 Å². The first-order chi connectivity index (χ1) is 7.15. The van der Waals surface area contributed by atoms with Gasteiger partial charge in [0.15, 0.2) is 0 Å². The highest BCUT2D eigenvalue weighted by Crippen LogP contribution is 2.36. The molecular formula is C11H15ClN2O. The molecule has 1 aliphatic carbocycles. The van der Waals surface area contributed by atoms with Gasteiger partial charge in [-0.15, -0.1) is 0 Å². The summed E-state index contributed by atoms with van der Waals surface area (Å²) >= 11 is 5.72. The van der Waals surface area contributed by atoms with Gasteiger partial charge in [0.05, 0.1) is 6.61 Å². The molecular weight excluding hydrogens is 212 g/mol. The lowest BCUT2D eigenvalue weighted by Crippen LogP contribution is -2.36. The number of halogens is 1. The van der Waals surface area contributed by atoms with Gasteiger partial charge in [-0.05, 0) is 31.4 Å². The number of aliphatic hydroxyl groups is 1. The standard InChI is InChI=1S/C11H15ClN2O/c1-8(14-11(7-15)4-5-11)9-2-3-10(12)13-6-9/h2-3,6,8,14-15H,4-5,7H2,1H3. The van der Waals surface area contributed by atoms with E-state index in [1.165, 1.54) is 0 Å². The Morgan fingerprint density at radius 3 is 2.80 bits per heavy atom. The first kappa shape index (κ1) is 10.9. The van der Waals surface area contributed by atoms with E-state index >= 15 is 0 Å². The maximum atomic E-state index is 9.20. The molecule has 1 unspecified atom stereocenters. The van der Waals surface area contributed by atoms with Crippen LogP contribution < -0.4 is 5.32 Å². The quantitative estimate of drug-likeness (QED) is 0.771. The van der Waals surface area contributed by atoms with Crippen molar-refractivity contribution in [1.29, 1.82) is 0 Å². The molecule has 0 aromatic carbocycles. The highest BCUT2D eigenvalue weighted by atomic mass is 35.5. The van der Waals surface area contributed by atoms with Crippen molar-refractivity contribution in [2.75, 3.05) is 6.61 Å². The van der Waals surface area contributed by atoms with Crippen molar-refractivity contribution >= 4 is 11.6 Å². The summed E-state index contributed by atoms with van der Waals surface area (Å²) in [7, 11) is 0. The predicted molar refractivity (Wildman–Crippen MR) is 59.8 cm³/mol. The van der Waals surface area contributed by atoms with Crippen LogP contribution >= 0.6 is 11.6 Å². The zero-order chi connectivity index (χ0) is 10.9. The highest BCUT2D eigenvalue weighted by Gasteiger charge is 2.42. The SMILES string of the molecule is CC(NC1(CO)CC1)c1ccc(Cl)nc1. The van der Waals surface area contributed by atoms with Crippen LogP contribution in [0, 0.1) is 0 Å². The van der Waals surface area contributed by atoms with Gasteiger partial charge in [-0.2, -0.15) is 0 Å². The van der Waals surface area contributed by atoms with Gasteiger partial charge in [0.25, 0.3) is 0 Å². The lowest BCUT2D eigenvalue weighted by atomic mass is 10.1. The zero-order valence-electron chi connectivity index (χ0n) is 8.70. The fourth-order valence-electron chi connectivity index (χ4n) is 1.68. The van der Waals surface area contributed by atoms with Gasteiger partial charge in [-0.3, -0.25) is 0 Å². The molecule has 0 amide bonds. The summed E-state index contributed by atoms with van der Waals surface area (Å²) in [5.41, 5.74) is 1.05. The summed E-state index contributed by atoms with van der Waals surface area (Å²) in [6.45, 7) is 2.28. The molecule has 1 aromatic heterocycles. The molecule has 1 aromatic rings. The monoisotopic (exact) mass is 226 g/mol. The molecule has 0 saturated heterocycles. The molecule has 1 heterocycles. The molecule has 2 N–H and O–H groups in total. The summed E-state index contributed by atoms with van der Waals surface area (Å²) in [6, 6.07) is 3.94. The lowest BCUT2D eigenvalue weighted by molar-refractivity contribution is 0.221. The van der Waals surface area contributed by atoms with Crippen LogP contribution in [-0.2, 0) is 0 Å². The van der Waals surface area contributed by atoms with Crippen molar-refractivity contribution in [3.8, 4) is 0 Å². The Labute approximate surface area is 94.5 Å². The second kappa shape index (κ2) is 4.08. The van der Waals surface area contributed by atoms with Gasteiger partial charge in [0.1, 0.15) is 5.15 Å². The van der Waals surface area contributed by atoms with Crippen molar-refractivity contribution in [3.63, 3.8) is 0 Å². The minimum Gasteiger partial charge on any atom is -0.394 e. The van der Waals surface area contributed by atoms with E-state index in [1.54, 1.807) is 12.3 Å². The molecule has 1 atom stereocenters. The first-order valence-corrected chi connectivity index (χ1v) is 5.53. The number of hydrogen-bond donors (Lipinski definition) is 2. The number of nitrogens with zero attached hydrogens (tertiary/aromatic N) is 1. The molecule has 0 bridgehead atoms. The van der Waals surface area contributed by atoms with Gasteiger partial charge in [-0.25, -0.2) is 4.98 Å². The molecule has 15 heavy (non-hydrogen) atoms. The maximum Gasteiger partial charge on any atom is 0.129 e. The number of hydrogen-bond acceptors (Lipinski definition) is 3. The second-order valence-corrected chi connectivity index (χ2v) is 4.61. The van der Waals surface area contributed by atoms with Crippen LogP contribution in [0.4, 0.5) is 0 Å². The third-order valence-electron chi connectivity index (χ3n) is 2.93. The Bertz CT molecular complexity index is 335. The van der Waals surface area contributed by atoms with E-state index < -0.39 is 0 Å². The largest absolute Gasteiger partial charge is 0.394 e. The summed E-state index contributed by atoms with van der Waals surface area (Å²) in [6.07, 6.45) is 3.87. The molecule has 3 nitrogen and oxygen atoms in total. The molecule has 0 radical (unpaired) electrons. The van der Waals surface area contributed by atoms with Crippen LogP contribution in [0.1, 0.15) is 31.4 Å². The topological polar surface area (TPSA) is 45.1 Å².